The Balaban J connectivity index is 1.69. The fraction of sp³-hybridized carbons (Fsp3) is 0.333. The first-order valence-corrected chi connectivity index (χ1v) is 9.11. The van der Waals surface area contributed by atoms with Crippen molar-refractivity contribution in [1.82, 2.24) is 15.5 Å². The first-order chi connectivity index (χ1) is 12.0. The summed E-state index contributed by atoms with van der Waals surface area (Å²) >= 11 is 1.31. The lowest BCUT2D eigenvalue weighted by Gasteiger charge is -2.07. The van der Waals surface area contributed by atoms with Gasteiger partial charge in [-0.25, -0.2) is 0 Å². The molecule has 0 spiro atoms. The lowest BCUT2D eigenvalue weighted by atomic mass is 10.1. The minimum absolute atomic E-state index is 0.0417. The van der Waals surface area contributed by atoms with Crippen LogP contribution >= 0.6 is 11.8 Å². The van der Waals surface area contributed by atoms with E-state index in [4.69, 9.17) is 0 Å². The van der Waals surface area contributed by atoms with Crippen molar-refractivity contribution < 1.29 is 9.59 Å². The topological polar surface area (TPSA) is 84.0 Å². The van der Waals surface area contributed by atoms with Gasteiger partial charge in [-0.1, -0.05) is 55.9 Å². The van der Waals surface area contributed by atoms with Gasteiger partial charge >= 0.3 is 0 Å². The van der Waals surface area contributed by atoms with Crippen molar-refractivity contribution in [2.45, 2.75) is 25.3 Å². The molecule has 0 saturated carbocycles. The highest BCUT2D eigenvalue weighted by atomic mass is 32.2. The summed E-state index contributed by atoms with van der Waals surface area (Å²) in [7, 11) is 0. The van der Waals surface area contributed by atoms with Crippen molar-refractivity contribution in [3.05, 3.63) is 48.0 Å². The van der Waals surface area contributed by atoms with Gasteiger partial charge in [-0.2, -0.15) is 0 Å². The molecule has 0 atom stereocenters. The van der Waals surface area contributed by atoms with Crippen LogP contribution in [0.25, 0.3) is 0 Å². The van der Waals surface area contributed by atoms with E-state index in [1.807, 2.05) is 44.2 Å². The molecule has 2 amide bonds. The third kappa shape index (κ3) is 6.93. The maximum absolute atomic E-state index is 11.9. The normalized spacial score (nSPS) is 10.5. The molecule has 1 heterocycles. The van der Waals surface area contributed by atoms with E-state index in [9.17, 15) is 9.59 Å². The maximum atomic E-state index is 11.9. The minimum Gasteiger partial charge on any atom is -0.355 e. The average molecular weight is 358 g/mol. The van der Waals surface area contributed by atoms with Crippen LogP contribution in [-0.2, 0) is 16.0 Å². The zero-order valence-corrected chi connectivity index (χ0v) is 15.2. The van der Waals surface area contributed by atoms with Crippen LogP contribution in [0.1, 0.15) is 19.4 Å². The Morgan fingerprint density at radius 1 is 1.08 bits per heavy atom. The molecule has 0 saturated heterocycles. The smallest absolute Gasteiger partial charge is 0.230 e. The quantitative estimate of drug-likeness (QED) is 0.709. The maximum Gasteiger partial charge on any atom is 0.230 e. The van der Waals surface area contributed by atoms with E-state index in [0.717, 1.165) is 6.42 Å². The Kier molecular flexibility index (Phi) is 7.40. The number of carbonyl (C=O) groups excluding carboxylic acids is 2. The molecule has 2 rings (SSSR count). The molecule has 0 aliphatic rings. The number of benzene rings is 1. The minimum atomic E-state index is -0.115. The predicted molar refractivity (Wildman–Crippen MR) is 99.4 cm³/mol. The van der Waals surface area contributed by atoms with E-state index in [1.54, 1.807) is 12.1 Å². The number of anilines is 1. The molecule has 0 bridgehead atoms. The Bertz CT molecular complexity index is 690. The van der Waals surface area contributed by atoms with Crippen LogP contribution in [-0.4, -0.2) is 34.3 Å². The second-order valence-corrected chi connectivity index (χ2v) is 6.77. The molecule has 0 aliphatic carbocycles. The summed E-state index contributed by atoms with van der Waals surface area (Å²) in [5, 5.41) is 14.2. The van der Waals surface area contributed by atoms with Crippen LogP contribution in [0, 0.1) is 5.92 Å². The molecule has 0 fully saturated rings. The van der Waals surface area contributed by atoms with Gasteiger partial charge in [0.15, 0.2) is 5.82 Å². The number of amides is 2. The molecule has 25 heavy (non-hydrogen) atoms. The number of nitrogens with zero attached hydrogens (tertiary/aromatic N) is 2. The summed E-state index contributed by atoms with van der Waals surface area (Å²) < 4.78 is 0. The summed E-state index contributed by atoms with van der Waals surface area (Å²) in [4.78, 5) is 23.4. The van der Waals surface area contributed by atoms with Crippen LogP contribution in [0.5, 0.6) is 0 Å². The SMILES string of the molecule is CC(C)C(=O)Nc1ccc(SCC(=O)NCCc2ccccc2)nn1. The van der Waals surface area contributed by atoms with Gasteiger partial charge in [-0.05, 0) is 24.1 Å². The van der Waals surface area contributed by atoms with Gasteiger partial charge in [0.2, 0.25) is 11.8 Å². The number of carbonyl (C=O) groups is 2. The van der Waals surface area contributed by atoms with Crippen LogP contribution in [0.2, 0.25) is 0 Å². The van der Waals surface area contributed by atoms with Gasteiger partial charge in [-0.15, -0.1) is 10.2 Å². The largest absolute Gasteiger partial charge is 0.355 e. The van der Waals surface area contributed by atoms with E-state index in [0.29, 0.717) is 17.4 Å². The lowest BCUT2D eigenvalue weighted by molar-refractivity contribution is -0.119. The molecule has 1 aromatic heterocycles. The van der Waals surface area contributed by atoms with E-state index in [2.05, 4.69) is 20.8 Å². The molecule has 7 heteroatoms. The highest BCUT2D eigenvalue weighted by Crippen LogP contribution is 2.15. The van der Waals surface area contributed by atoms with Crippen molar-refractivity contribution in [2.24, 2.45) is 5.92 Å². The summed E-state index contributed by atoms with van der Waals surface area (Å²) in [6, 6.07) is 13.4. The summed E-state index contributed by atoms with van der Waals surface area (Å²) in [6.07, 6.45) is 0.807. The Morgan fingerprint density at radius 3 is 2.48 bits per heavy atom. The summed E-state index contributed by atoms with van der Waals surface area (Å²) in [5.41, 5.74) is 1.19. The highest BCUT2D eigenvalue weighted by molar-refractivity contribution is 7.99. The van der Waals surface area contributed by atoms with Gasteiger partial charge in [0.05, 0.1) is 5.75 Å². The van der Waals surface area contributed by atoms with Crippen molar-refractivity contribution >= 4 is 29.4 Å². The van der Waals surface area contributed by atoms with Gasteiger partial charge < -0.3 is 10.6 Å². The molecule has 2 aromatic rings. The second kappa shape index (κ2) is 9.78. The molecule has 0 unspecified atom stereocenters. The standard InChI is InChI=1S/C18H22N4O2S/c1-13(2)18(24)20-15-8-9-17(22-21-15)25-12-16(23)19-11-10-14-6-4-3-5-7-14/h3-9,13H,10-12H2,1-2H3,(H,19,23)(H,20,21,24). The zero-order chi connectivity index (χ0) is 18.1. The Labute approximate surface area is 151 Å². The predicted octanol–water partition coefficient (Wildman–Crippen LogP) is 2.52. The average Bonchev–Trinajstić information content (AvgIpc) is 2.62. The van der Waals surface area contributed by atoms with E-state index < -0.39 is 0 Å². The Morgan fingerprint density at radius 2 is 1.84 bits per heavy atom. The third-order valence-corrected chi connectivity index (χ3v) is 4.27. The monoisotopic (exact) mass is 358 g/mol. The van der Waals surface area contributed by atoms with Gasteiger partial charge in [0, 0.05) is 12.5 Å². The number of thioether (sulfide) groups is 1. The van der Waals surface area contributed by atoms with E-state index in [1.165, 1.54) is 17.3 Å². The molecule has 2 N–H and O–H groups in total. The van der Waals surface area contributed by atoms with Crippen molar-refractivity contribution in [2.75, 3.05) is 17.6 Å². The second-order valence-electron chi connectivity index (χ2n) is 5.77. The molecular formula is C18H22N4O2S. The van der Waals surface area contributed by atoms with Crippen molar-refractivity contribution in [1.29, 1.82) is 0 Å². The van der Waals surface area contributed by atoms with Crippen LogP contribution in [0.4, 0.5) is 5.82 Å². The van der Waals surface area contributed by atoms with E-state index in [-0.39, 0.29) is 23.5 Å². The number of nitrogens with one attached hydrogen (secondary N) is 2. The first kappa shape index (κ1) is 18.9. The number of rotatable bonds is 8. The van der Waals surface area contributed by atoms with Crippen LogP contribution < -0.4 is 10.6 Å². The molecule has 6 nitrogen and oxygen atoms in total. The van der Waals surface area contributed by atoms with Gasteiger partial charge in [0.25, 0.3) is 0 Å². The van der Waals surface area contributed by atoms with Gasteiger partial charge in [0.1, 0.15) is 5.03 Å². The molecule has 132 valence electrons. The number of aromatic nitrogens is 2. The van der Waals surface area contributed by atoms with Gasteiger partial charge in [-0.3, -0.25) is 9.59 Å². The summed E-state index contributed by atoms with van der Waals surface area (Å²) in [5.74, 6) is 0.430. The molecular weight excluding hydrogens is 336 g/mol. The first-order valence-electron chi connectivity index (χ1n) is 8.12. The fourth-order valence-electron chi connectivity index (χ4n) is 1.92. The third-order valence-electron chi connectivity index (χ3n) is 3.35. The summed E-state index contributed by atoms with van der Waals surface area (Å²) in [6.45, 7) is 4.22. The molecule has 1 aromatic carbocycles. The van der Waals surface area contributed by atoms with Crippen LogP contribution in [0.3, 0.4) is 0 Å². The fourth-order valence-corrected chi connectivity index (χ4v) is 2.56. The van der Waals surface area contributed by atoms with E-state index >= 15 is 0 Å². The number of hydrogen-bond donors (Lipinski definition) is 2. The van der Waals surface area contributed by atoms with Crippen molar-refractivity contribution in [3.63, 3.8) is 0 Å². The lowest BCUT2D eigenvalue weighted by Crippen LogP contribution is -2.27. The van der Waals surface area contributed by atoms with Crippen LogP contribution in [0.15, 0.2) is 47.5 Å². The molecule has 0 aliphatic heterocycles. The zero-order valence-electron chi connectivity index (χ0n) is 14.4. The van der Waals surface area contributed by atoms with Crippen molar-refractivity contribution in [3.8, 4) is 0 Å². The number of hydrogen-bond acceptors (Lipinski definition) is 5. The molecule has 0 radical (unpaired) electrons. The highest BCUT2D eigenvalue weighted by Gasteiger charge is 2.09. The Hall–Kier alpha value is -2.41.